The Hall–Kier alpha value is -7.27. The molecule has 3 saturated heterocycles. The fourth-order valence-electron chi connectivity index (χ4n) is 14.2. The maximum Gasteiger partial charge on any atom is 0.229 e. The fraction of sp³-hybridized carbons (Fsp3) is 0.484. The van der Waals surface area contributed by atoms with Gasteiger partial charge < -0.3 is 35.0 Å². The second-order valence-corrected chi connectivity index (χ2v) is 32.0. The Labute approximate surface area is 543 Å². The van der Waals surface area contributed by atoms with Crippen LogP contribution in [0, 0.1) is 0 Å². The lowest BCUT2D eigenvalue weighted by molar-refractivity contribution is 0.312. The number of sulfonamides is 2. The van der Waals surface area contributed by atoms with Crippen LogP contribution in [0.4, 0.5) is 17.1 Å². The molecule has 0 aromatic carbocycles. The minimum absolute atomic E-state index is 0. The van der Waals surface area contributed by atoms with Crippen LogP contribution in [0.2, 0.25) is 0 Å². The maximum atomic E-state index is 12.1. The fourth-order valence-corrected chi connectivity index (χ4v) is 16.0. The molecule has 0 saturated carbocycles. The van der Waals surface area contributed by atoms with E-state index in [1.807, 2.05) is 37.2 Å². The highest BCUT2D eigenvalue weighted by molar-refractivity contribution is 8.13. The van der Waals surface area contributed by atoms with E-state index in [-0.39, 0.29) is 19.3 Å². The van der Waals surface area contributed by atoms with Crippen LogP contribution >= 0.6 is 10.7 Å². The molecule has 0 amide bonds. The van der Waals surface area contributed by atoms with Crippen LogP contribution in [-0.4, -0.2) is 170 Å². The number of nitrogens with one attached hydrogen (secondary N) is 4. The third kappa shape index (κ3) is 14.6. The number of rotatable bonds is 8. The van der Waals surface area contributed by atoms with Gasteiger partial charge in [0, 0.05) is 205 Å². The van der Waals surface area contributed by atoms with Crippen molar-refractivity contribution in [3.05, 3.63) is 143 Å². The molecule has 0 radical (unpaired) electrons. The lowest BCUT2D eigenvalue weighted by Gasteiger charge is -2.38. The van der Waals surface area contributed by atoms with Gasteiger partial charge in [-0.25, -0.2) is 78.7 Å². The summed E-state index contributed by atoms with van der Waals surface area (Å²) in [4.78, 5) is 58.0. The molecule has 0 spiro atoms. The summed E-state index contributed by atoms with van der Waals surface area (Å²) in [6.07, 6.45) is 28.6. The van der Waals surface area contributed by atoms with Crippen molar-refractivity contribution in [2.24, 2.45) is 0 Å². The highest BCUT2D eigenvalue weighted by Crippen LogP contribution is 2.40. The Morgan fingerprint density at radius 1 is 0.467 bits per heavy atom. The molecular weight excluding hydrogens is 1250 g/mol. The highest BCUT2D eigenvalue weighted by Gasteiger charge is 2.37. The molecule has 9 aromatic rings. The topological polar surface area (TPSA) is 294 Å². The Bertz CT molecular complexity index is 4230. The molecule has 15 heterocycles. The van der Waals surface area contributed by atoms with Crippen molar-refractivity contribution in [3.8, 4) is 0 Å². The van der Waals surface area contributed by atoms with Gasteiger partial charge in [-0.05, 0) is 102 Å². The molecule has 92 heavy (non-hydrogen) atoms. The molecular formula is C64H83ClN18O6S3. The summed E-state index contributed by atoms with van der Waals surface area (Å²) in [5, 5.41) is 6.91. The number of aromatic amines is 3. The summed E-state index contributed by atoms with van der Waals surface area (Å²) in [5.74, 6) is 0.705. The zero-order valence-corrected chi connectivity index (χ0v) is 55.4. The molecule has 4 N–H and O–H groups in total. The van der Waals surface area contributed by atoms with Crippen molar-refractivity contribution in [1.82, 2.24) is 73.7 Å². The van der Waals surface area contributed by atoms with Gasteiger partial charge in [0.05, 0.1) is 52.9 Å². The van der Waals surface area contributed by atoms with Crippen LogP contribution in [0.15, 0.2) is 92.6 Å². The molecule has 28 heteroatoms. The Balaban J connectivity index is 0.000000136. The summed E-state index contributed by atoms with van der Waals surface area (Å²) in [6, 6.07) is 13.5. The third-order valence-electron chi connectivity index (χ3n) is 18.7. The SMILES string of the molecule is C.CS(=O)(=O)Cl.C[C@@H]1Cc2ncnc(C3CCCNC3)c2CN1c1ccnc2[nH]ccc12.C[C@@H]1Cc2ncnc([C@@H]3CCCN(S(C)(=O)=O)C3)c2CN1c1ccnc2[nH]ccc12.C[C@@H]1Cc2ncnc([C@H]3CCCN(S(C)(=O)=O)C3)c2CN1c1ccnc2[nH]ccc12. The Morgan fingerprint density at radius 3 is 1.13 bits per heavy atom. The average molecular weight is 1330 g/mol. The number of nitrogens with zero attached hydrogens (tertiary/aromatic N) is 14. The minimum Gasteiger partial charge on any atom is -0.363 e. The van der Waals surface area contributed by atoms with E-state index in [4.69, 9.17) is 4.98 Å². The van der Waals surface area contributed by atoms with Crippen molar-refractivity contribution in [3.63, 3.8) is 0 Å². The van der Waals surface area contributed by atoms with Crippen LogP contribution in [-0.2, 0) is 68.0 Å². The molecule has 3 fully saturated rings. The zero-order valence-electron chi connectivity index (χ0n) is 52.2. The van der Waals surface area contributed by atoms with Crippen molar-refractivity contribution < 1.29 is 25.3 Å². The monoisotopic (exact) mass is 1330 g/mol. The van der Waals surface area contributed by atoms with Gasteiger partial charge in [-0.3, -0.25) is 0 Å². The first-order chi connectivity index (χ1) is 43.6. The van der Waals surface area contributed by atoms with Gasteiger partial charge in [-0.2, -0.15) is 0 Å². The predicted octanol–water partition coefficient (Wildman–Crippen LogP) is 8.48. The third-order valence-corrected chi connectivity index (χ3v) is 21.2. The van der Waals surface area contributed by atoms with Crippen molar-refractivity contribution in [1.29, 1.82) is 0 Å². The summed E-state index contributed by atoms with van der Waals surface area (Å²) in [5.41, 5.74) is 16.5. The van der Waals surface area contributed by atoms with Crippen LogP contribution in [0.3, 0.4) is 0 Å². The first-order valence-electron chi connectivity index (χ1n) is 31.2. The number of fused-ring (bicyclic) bond motifs is 6. The van der Waals surface area contributed by atoms with Crippen LogP contribution < -0.4 is 20.0 Å². The number of piperidine rings is 3. The van der Waals surface area contributed by atoms with E-state index in [0.717, 1.165) is 144 Å². The van der Waals surface area contributed by atoms with Crippen molar-refractivity contribution in [2.75, 3.05) is 72.7 Å². The summed E-state index contributed by atoms with van der Waals surface area (Å²) < 4.78 is 70.4. The van der Waals surface area contributed by atoms with Gasteiger partial charge in [-0.1, -0.05) is 7.43 Å². The van der Waals surface area contributed by atoms with E-state index in [0.29, 0.717) is 63.3 Å². The van der Waals surface area contributed by atoms with Crippen molar-refractivity contribution in [2.45, 2.75) is 141 Å². The first-order valence-corrected chi connectivity index (χ1v) is 37.6. The molecule has 6 atom stereocenters. The normalized spacial score (nSPS) is 22.1. The molecule has 24 nitrogen and oxygen atoms in total. The van der Waals surface area contributed by atoms with Crippen LogP contribution in [0.5, 0.6) is 0 Å². The lowest BCUT2D eigenvalue weighted by Crippen LogP contribution is -2.42. The molecule has 6 aliphatic rings. The Morgan fingerprint density at radius 2 is 0.804 bits per heavy atom. The molecule has 15 rings (SSSR count). The average Bonchev–Trinajstić information content (AvgIpc) is 1.21. The molecule has 0 aliphatic carbocycles. The first kappa shape index (κ1) is 66.2. The van der Waals surface area contributed by atoms with E-state index in [2.05, 4.69) is 143 Å². The smallest absolute Gasteiger partial charge is 0.229 e. The molecule has 9 aromatic heterocycles. The molecule has 6 aliphatic heterocycles. The van der Waals surface area contributed by atoms with Crippen LogP contribution in [0.1, 0.15) is 135 Å². The van der Waals surface area contributed by atoms with Gasteiger partial charge in [0.1, 0.15) is 35.9 Å². The number of halogens is 1. The number of aromatic nitrogens is 12. The quantitative estimate of drug-likeness (QED) is 0.104. The largest absolute Gasteiger partial charge is 0.363 e. The number of anilines is 3. The van der Waals surface area contributed by atoms with E-state index in [1.165, 1.54) is 53.4 Å². The van der Waals surface area contributed by atoms with Gasteiger partial charge in [0.15, 0.2) is 0 Å². The molecule has 1 unspecified atom stereocenters. The van der Waals surface area contributed by atoms with Gasteiger partial charge >= 0.3 is 0 Å². The summed E-state index contributed by atoms with van der Waals surface area (Å²) in [7, 11) is -5.09. The van der Waals surface area contributed by atoms with E-state index >= 15 is 0 Å². The Kier molecular flexibility index (Phi) is 20.0. The van der Waals surface area contributed by atoms with Crippen LogP contribution in [0.25, 0.3) is 33.1 Å². The standard InChI is InChI=1S/2C21H26N6O2S.C20H24N6.CH3ClO2S.CH4/c2*1-14-10-18-17(12-27(14)19-6-8-23-21-16(19)5-7-22-21)20(25-13-24-18)15-4-3-9-26(11-15)30(2,28)29;1-13-9-17-16(19(25-12-24-17)14-3-2-6-21-10-14)11-26(13)18-5-8-23-20-15(18)4-7-22-20;1-5(2,3)4;/h2*5-8,13-15H,3-4,9-12H2,1-2H3,(H,22,23);4-5,7-8,12-14,21H,2-3,6,9-11H2,1H3,(H,22,23);1H3;1H4/t14-,15+;14-,15-;13-,14?;;/m111../s1. The van der Waals surface area contributed by atoms with E-state index < -0.39 is 29.1 Å². The number of pyridine rings is 3. The lowest BCUT2D eigenvalue weighted by atomic mass is 9.88. The minimum atomic E-state index is -3.20. The zero-order chi connectivity index (χ0) is 63.8. The second kappa shape index (κ2) is 27.7. The maximum absolute atomic E-state index is 12.1. The van der Waals surface area contributed by atoms with E-state index in [1.54, 1.807) is 27.6 Å². The van der Waals surface area contributed by atoms with Gasteiger partial charge in [-0.15, -0.1) is 0 Å². The summed E-state index contributed by atoms with van der Waals surface area (Å²) in [6.45, 7) is 13.3. The van der Waals surface area contributed by atoms with E-state index in [9.17, 15) is 25.3 Å². The van der Waals surface area contributed by atoms with Crippen molar-refractivity contribution >= 4 is 89.9 Å². The number of H-pyrrole nitrogens is 3. The number of hydrogen-bond donors (Lipinski definition) is 4. The van der Waals surface area contributed by atoms with Gasteiger partial charge in [0.2, 0.25) is 29.1 Å². The van der Waals surface area contributed by atoms with Gasteiger partial charge in [0.25, 0.3) is 0 Å². The second-order valence-electron chi connectivity index (χ2n) is 25.0. The molecule has 0 bridgehead atoms. The molecule has 490 valence electrons. The predicted molar refractivity (Wildman–Crippen MR) is 361 cm³/mol. The highest BCUT2D eigenvalue weighted by atomic mass is 35.7. The number of hydrogen-bond acceptors (Lipinski definition) is 19. The summed E-state index contributed by atoms with van der Waals surface area (Å²) >= 11 is 0.